The molecule has 0 heterocycles. The van der Waals surface area contributed by atoms with E-state index in [0.29, 0.717) is 16.9 Å². The van der Waals surface area contributed by atoms with Gasteiger partial charge in [-0.15, -0.1) is 0 Å². The number of halogens is 4. The third kappa shape index (κ3) is 8.36. The number of hydrogen-bond donors (Lipinski definition) is 1. The molecular weight excluding hydrogens is 531 g/mol. The molecule has 2 rings (SSSR count). The van der Waals surface area contributed by atoms with Gasteiger partial charge in [-0.2, -0.15) is 13.2 Å². The van der Waals surface area contributed by atoms with Gasteiger partial charge in [-0.1, -0.05) is 49.2 Å². The maximum Gasteiger partial charge on any atom is 0.416 e. The highest BCUT2D eigenvalue weighted by atomic mass is 35.5. The number of nitrogens with zero attached hydrogens (tertiary/aromatic N) is 2. The summed E-state index contributed by atoms with van der Waals surface area (Å²) in [5.41, 5.74) is -0.0245. The minimum Gasteiger partial charge on any atom is -0.354 e. The molecule has 1 N–H and O–H groups in total. The maximum absolute atomic E-state index is 13.5. The van der Waals surface area contributed by atoms with Gasteiger partial charge in [-0.25, -0.2) is 8.42 Å². The SMILES string of the molecule is CCCCNC(=O)[C@H](C)N(Cc1ccccc1C)C(=O)CN(c1cc(C(F)(F)F)ccc1Cl)S(C)(=O)=O. The van der Waals surface area contributed by atoms with Crippen LogP contribution in [0.2, 0.25) is 5.02 Å². The van der Waals surface area contributed by atoms with Gasteiger partial charge in [0, 0.05) is 13.1 Å². The lowest BCUT2D eigenvalue weighted by Gasteiger charge is -2.32. The first-order chi connectivity index (χ1) is 17.2. The van der Waals surface area contributed by atoms with Crippen molar-refractivity contribution in [3.8, 4) is 0 Å². The van der Waals surface area contributed by atoms with Gasteiger partial charge in [-0.3, -0.25) is 13.9 Å². The Hall–Kier alpha value is -2.79. The van der Waals surface area contributed by atoms with Gasteiger partial charge in [0.05, 0.1) is 22.5 Å². The van der Waals surface area contributed by atoms with Gasteiger partial charge >= 0.3 is 6.18 Å². The normalized spacial score (nSPS) is 12.6. The predicted octanol–water partition coefficient (Wildman–Crippen LogP) is 4.77. The first kappa shape index (κ1) is 30.4. The molecule has 2 aromatic carbocycles. The van der Waals surface area contributed by atoms with Crippen molar-refractivity contribution in [2.24, 2.45) is 0 Å². The molecule has 2 aromatic rings. The molecule has 0 fully saturated rings. The first-order valence-corrected chi connectivity index (χ1v) is 13.9. The molecule has 0 unspecified atom stereocenters. The van der Waals surface area contributed by atoms with Gasteiger partial charge in [-0.05, 0) is 49.6 Å². The zero-order chi connectivity index (χ0) is 28.0. The minimum absolute atomic E-state index is 0.0121. The quantitative estimate of drug-likeness (QED) is 0.401. The molecule has 0 saturated heterocycles. The van der Waals surface area contributed by atoms with Crippen molar-refractivity contribution >= 4 is 39.1 Å². The number of hydrogen-bond acceptors (Lipinski definition) is 4. The molecule has 2 amide bonds. The summed E-state index contributed by atoms with van der Waals surface area (Å²) >= 11 is 6.08. The molecule has 0 aliphatic carbocycles. The fourth-order valence-electron chi connectivity index (χ4n) is 3.56. The molecule has 0 saturated carbocycles. The van der Waals surface area contributed by atoms with E-state index in [4.69, 9.17) is 11.6 Å². The topological polar surface area (TPSA) is 86.8 Å². The molecule has 0 aromatic heterocycles. The average molecular weight is 562 g/mol. The number of aryl methyl sites for hydroxylation is 1. The lowest BCUT2D eigenvalue weighted by Crippen LogP contribution is -2.51. The number of anilines is 1. The van der Waals surface area contributed by atoms with E-state index in [9.17, 15) is 31.2 Å². The number of unbranched alkanes of at least 4 members (excludes halogenated alkanes) is 1. The number of amides is 2. The largest absolute Gasteiger partial charge is 0.416 e. The first-order valence-electron chi connectivity index (χ1n) is 11.6. The monoisotopic (exact) mass is 561 g/mol. The summed E-state index contributed by atoms with van der Waals surface area (Å²) in [6, 6.07) is 8.43. The van der Waals surface area contributed by atoms with Crippen LogP contribution in [-0.4, -0.2) is 50.5 Å². The molecule has 7 nitrogen and oxygen atoms in total. The van der Waals surface area contributed by atoms with Gasteiger partial charge in [0.2, 0.25) is 21.8 Å². The van der Waals surface area contributed by atoms with Gasteiger partial charge in [0.15, 0.2) is 0 Å². The van der Waals surface area contributed by atoms with Crippen molar-refractivity contribution in [3.05, 3.63) is 64.2 Å². The summed E-state index contributed by atoms with van der Waals surface area (Å²) in [6.45, 7) is 4.85. The van der Waals surface area contributed by atoms with Crippen molar-refractivity contribution in [1.82, 2.24) is 10.2 Å². The molecule has 1 atom stereocenters. The number of nitrogens with one attached hydrogen (secondary N) is 1. The van der Waals surface area contributed by atoms with Gasteiger partial charge < -0.3 is 10.2 Å². The summed E-state index contributed by atoms with van der Waals surface area (Å²) < 4.78 is 65.8. The smallest absolute Gasteiger partial charge is 0.354 e. The highest BCUT2D eigenvalue weighted by Gasteiger charge is 2.34. The van der Waals surface area contributed by atoms with Crippen LogP contribution < -0.4 is 9.62 Å². The Balaban J connectivity index is 2.48. The Bertz CT molecular complexity index is 1220. The Morgan fingerprint density at radius 2 is 1.78 bits per heavy atom. The molecule has 0 aliphatic heterocycles. The van der Waals surface area contributed by atoms with E-state index >= 15 is 0 Å². The predicted molar refractivity (Wildman–Crippen MR) is 138 cm³/mol. The van der Waals surface area contributed by atoms with E-state index in [-0.39, 0.29) is 11.6 Å². The van der Waals surface area contributed by atoms with Crippen molar-refractivity contribution < 1.29 is 31.2 Å². The van der Waals surface area contributed by atoms with Crippen LogP contribution in [0.1, 0.15) is 43.4 Å². The lowest BCUT2D eigenvalue weighted by atomic mass is 10.1. The molecular formula is C25H31ClF3N3O4S. The third-order valence-corrected chi connectivity index (χ3v) is 7.27. The van der Waals surface area contributed by atoms with Crippen molar-refractivity contribution in [3.63, 3.8) is 0 Å². The Morgan fingerprint density at radius 3 is 2.35 bits per heavy atom. The summed E-state index contributed by atoms with van der Waals surface area (Å²) in [4.78, 5) is 27.6. The number of alkyl halides is 3. The molecule has 204 valence electrons. The van der Waals surface area contributed by atoms with Crippen molar-refractivity contribution in [2.75, 3.05) is 23.7 Å². The van der Waals surface area contributed by atoms with E-state index in [1.807, 2.05) is 26.0 Å². The summed E-state index contributed by atoms with van der Waals surface area (Å²) in [7, 11) is -4.24. The summed E-state index contributed by atoms with van der Waals surface area (Å²) in [5.74, 6) is -1.21. The van der Waals surface area contributed by atoms with Gasteiger partial charge in [0.1, 0.15) is 12.6 Å². The second-order valence-electron chi connectivity index (χ2n) is 8.70. The van der Waals surface area contributed by atoms with E-state index in [2.05, 4.69) is 5.32 Å². The van der Waals surface area contributed by atoms with Crippen molar-refractivity contribution in [1.29, 1.82) is 0 Å². The zero-order valence-corrected chi connectivity index (χ0v) is 22.7. The number of rotatable bonds is 11. The highest BCUT2D eigenvalue weighted by Crippen LogP contribution is 2.36. The zero-order valence-electron chi connectivity index (χ0n) is 21.1. The van der Waals surface area contributed by atoms with Crippen LogP contribution in [0.15, 0.2) is 42.5 Å². The van der Waals surface area contributed by atoms with Crippen LogP contribution in [0.5, 0.6) is 0 Å². The molecule has 12 heteroatoms. The minimum atomic E-state index is -4.76. The molecule has 0 bridgehead atoms. The van der Waals surface area contributed by atoms with Crippen LogP contribution in [0, 0.1) is 6.92 Å². The Morgan fingerprint density at radius 1 is 1.14 bits per heavy atom. The molecule has 0 aliphatic rings. The fourth-order valence-corrected chi connectivity index (χ4v) is 4.69. The standard InChI is InChI=1S/C25H31ClF3N3O4S/c1-5-6-13-30-24(34)18(3)31(15-19-10-8-7-9-17(19)2)23(33)16-32(37(4,35)36)22-14-20(25(27,28)29)11-12-21(22)26/h7-12,14,18H,5-6,13,15-16H2,1-4H3,(H,30,34)/t18-/m0/s1. The summed E-state index contributed by atoms with van der Waals surface area (Å²) in [6.07, 6.45) is -2.40. The van der Waals surface area contributed by atoms with Crippen LogP contribution in [0.25, 0.3) is 0 Å². The van der Waals surface area contributed by atoms with Crippen LogP contribution in [0.4, 0.5) is 18.9 Å². The Labute approximate surface area is 220 Å². The molecule has 0 spiro atoms. The number of carbonyl (C=O) groups is 2. The van der Waals surface area contributed by atoms with Crippen molar-refractivity contribution in [2.45, 2.75) is 52.4 Å². The Kier molecular flexibility index (Phi) is 10.4. The number of benzene rings is 2. The second-order valence-corrected chi connectivity index (χ2v) is 11.0. The second kappa shape index (κ2) is 12.6. The highest BCUT2D eigenvalue weighted by molar-refractivity contribution is 7.92. The van der Waals surface area contributed by atoms with Crippen LogP contribution >= 0.6 is 11.6 Å². The van der Waals surface area contributed by atoms with E-state index in [0.717, 1.165) is 42.4 Å². The summed E-state index contributed by atoms with van der Waals surface area (Å²) in [5, 5.41) is 2.48. The average Bonchev–Trinajstić information content (AvgIpc) is 2.80. The van der Waals surface area contributed by atoms with E-state index in [1.165, 1.54) is 11.8 Å². The van der Waals surface area contributed by atoms with Crippen LogP contribution in [0.3, 0.4) is 0 Å². The van der Waals surface area contributed by atoms with Gasteiger partial charge in [0.25, 0.3) is 0 Å². The van der Waals surface area contributed by atoms with E-state index < -0.39 is 51.9 Å². The third-order valence-electron chi connectivity index (χ3n) is 5.82. The van der Waals surface area contributed by atoms with Crippen LogP contribution in [-0.2, 0) is 32.3 Å². The number of carbonyl (C=O) groups excluding carboxylic acids is 2. The molecule has 37 heavy (non-hydrogen) atoms. The lowest BCUT2D eigenvalue weighted by molar-refractivity contribution is -0.139. The number of sulfonamides is 1. The fraction of sp³-hybridized carbons (Fsp3) is 0.440. The van der Waals surface area contributed by atoms with E-state index in [1.54, 1.807) is 12.1 Å². The maximum atomic E-state index is 13.5. The molecule has 0 radical (unpaired) electrons.